The quantitative estimate of drug-likeness (QED) is 0.366. The summed E-state index contributed by atoms with van der Waals surface area (Å²) in [6.45, 7) is 5.13. The van der Waals surface area contributed by atoms with Crippen molar-refractivity contribution in [3.8, 4) is 0 Å². The Kier molecular flexibility index (Phi) is 12.1. The summed E-state index contributed by atoms with van der Waals surface area (Å²) in [5.41, 5.74) is 0. The second kappa shape index (κ2) is 12.5. The van der Waals surface area contributed by atoms with Gasteiger partial charge in [0.2, 0.25) is 0 Å². The highest BCUT2D eigenvalue weighted by atomic mass is 16.5. The summed E-state index contributed by atoms with van der Waals surface area (Å²) in [6.07, 6.45) is 14.6. The van der Waals surface area contributed by atoms with Crippen LogP contribution in [-0.4, -0.2) is 6.61 Å². The van der Waals surface area contributed by atoms with Gasteiger partial charge in [0.15, 0.2) is 0 Å². The zero-order chi connectivity index (χ0) is 10.5. The van der Waals surface area contributed by atoms with Crippen LogP contribution in [0, 0.1) is 0 Å². The van der Waals surface area contributed by atoms with Crippen molar-refractivity contribution in [2.45, 2.75) is 65.2 Å². The molecule has 0 radical (unpaired) electrons. The Balaban J connectivity index is 2.85. The third-order valence-electron chi connectivity index (χ3n) is 2.35. The van der Waals surface area contributed by atoms with E-state index in [1.807, 2.05) is 13.0 Å². The molecular weight excluding hydrogens is 172 g/mol. The first-order valence-corrected chi connectivity index (χ1v) is 6.14. The molecule has 0 saturated carbocycles. The minimum Gasteiger partial charge on any atom is -0.502 e. The van der Waals surface area contributed by atoms with Gasteiger partial charge in [-0.3, -0.25) is 0 Å². The minimum atomic E-state index is 0.888. The molecule has 1 heteroatoms. The largest absolute Gasteiger partial charge is 0.502 e. The lowest BCUT2D eigenvalue weighted by atomic mass is 10.1. The van der Waals surface area contributed by atoms with Gasteiger partial charge in [0, 0.05) is 0 Å². The molecule has 0 aliphatic carbocycles. The molecule has 0 aromatic rings. The van der Waals surface area contributed by atoms with E-state index in [4.69, 9.17) is 4.74 Å². The van der Waals surface area contributed by atoms with E-state index in [0.29, 0.717) is 0 Å². The summed E-state index contributed by atoms with van der Waals surface area (Å²) in [6, 6.07) is 0. The first-order chi connectivity index (χ1) is 6.91. The predicted molar refractivity (Wildman–Crippen MR) is 63.4 cm³/mol. The molecule has 0 spiro atoms. The van der Waals surface area contributed by atoms with Gasteiger partial charge in [-0.15, -0.1) is 0 Å². The maximum absolute atomic E-state index is 5.25. The Morgan fingerprint density at radius 3 is 2.00 bits per heavy atom. The average Bonchev–Trinajstić information content (AvgIpc) is 2.21. The van der Waals surface area contributed by atoms with Crippen molar-refractivity contribution in [2.75, 3.05) is 6.61 Å². The van der Waals surface area contributed by atoms with Crippen molar-refractivity contribution in [2.24, 2.45) is 0 Å². The molecule has 0 aromatic heterocycles. The van der Waals surface area contributed by atoms with Gasteiger partial charge in [-0.1, -0.05) is 57.9 Å². The molecule has 0 rings (SSSR count). The molecule has 0 aromatic carbocycles. The predicted octanol–water partition coefficient (Wildman–Crippen LogP) is 4.68. The number of unbranched alkanes of at least 4 members (excludes halogenated alkanes) is 7. The van der Waals surface area contributed by atoms with Crippen LogP contribution >= 0.6 is 0 Å². The highest BCUT2D eigenvalue weighted by Crippen LogP contribution is 2.08. The van der Waals surface area contributed by atoms with E-state index in [9.17, 15) is 0 Å². The lowest BCUT2D eigenvalue weighted by Crippen LogP contribution is -1.87. The van der Waals surface area contributed by atoms with Gasteiger partial charge in [-0.25, -0.2) is 0 Å². The lowest BCUT2D eigenvalue weighted by Gasteiger charge is -2.01. The fraction of sp³-hybridized carbons (Fsp3) is 0.846. The van der Waals surface area contributed by atoms with Crippen LogP contribution < -0.4 is 0 Å². The topological polar surface area (TPSA) is 9.23 Å². The second-order valence-corrected chi connectivity index (χ2v) is 3.82. The normalized spacial score (nSPS) is 11.0. The zero-order valence-corrected chi connectivity index (χ0v) is 9.93. The van der Waals surface area contributed by atoms with E-state index in [1.165, 1.54) is 51.4 Å². The van der Waals surface area contributed by atoms with Crippen LogP contribution in [0.3, 0.4) is 0 Å². The lowest BCUT2D eigenvalue weighted by molar-refractivity contribution is 0.240. The van der Waals surface area contributed by atoms with Crippen LogP contribution in [0.25, 0.3) is 0 Å². The third kappa shape index (κ3) is 11.5. The van der Waals surface area contributed by atoms with Crippen molar-refractivity contribution in [1.82, 2.24) is 0 Å². The van der Waals surface area contributed by atoms with Crippen molar-refractivity contribution >= 4 is 0 Å². The SMILES string of the molecule is C/C=C\OCCCCCCCCCC. The van der Waals surface area contributed by atoms with Crippen molar-refractivity contribution in [1.29, 1.82) is 0 Å². The monoisotopic (exact) mass is 198 g/mol. The van der Waals surface area contributed by atoms with Crippen molar-refractivity contribution < 1.29 is 4.74 Å². The first-order valence-electron chi connectivity index (χ1n) is 6.14. The standard InChI is InChI=1S/C13H26O/c1-3-5-6-7-8-9-10-11-13-14-12-4-2/h4,12H,3,5-11,13H2,1-2H3/b12-4-. The van der Waals surface area contributed by atoms with E-state index in [0.717, 1.165) is 6.61 Å². The third-order valence-corrected chi connectivity index (χ3v) is 2.35. The van der Waals surface area contributed by atoms with Gasteiger partial charge < -0.3 is 4.74 Å². The molecule has 0 aliphatic heterocycles. The Morgan fingerprint density at radius 2 is 1.43 bits per heavy atom. The summed E-state index contributed by atoms with van der Waals surface area (Å²) < 4.78 is 5.25. The minimum absolute atomic E-state index is 0.888. The van der Waals surface area contributed by atoms with Gasteiger partial charge >= 0.3 is 0 Å². The van der Waals surface area contributed by atoms with Crippen LogP contribution in [0.5, 0.6) is 0 Å². The Bertz CT molecular complexity index is 118. The van der Waals surface area contributed by atoms with Crippen molar-refractivity contribution in [3.63, 3.8) is 0 Å². The molecule has 0 heterocycles. The average molecular weight is 198 g/mol. The first kappa shape index (κ1) is 13.5. The molecule has 14 heavy (non-hydrogen) atoms. The summed E-state index contributed by atoms with van der Waals surface area (Å²) >= 11 is 0. The summed E-state index contributed by atoms with van der Waals surface area (Å²) in [4.78, 5) is 0. The molecule has 84 valence electrons. The molecule has 0 saturated heterocycles. The van der Waals surface area contributed by atoms with Crippen LogP contribution in [-0.2, 0) is 4.74 Å². The number of hydrogen-bond donors (Lipinski definition) is 0. The Hall–Kier alpha value is -0.460. The number of rotatable bonds is 10. The van der Waals surface area contributed by atoms with E-state index in [1.54, 1.807) is 6.26 Å². The number of ether oxygens (including phenoxy) is 1. The van der Waals surface area contributed by atoms with Crippen LogP contribution in [0.2, 0.25) is 0 Å². The molecule has 0 N–H and O–H groups in total. The fourth-order valence-electron chi connectivity index (χ4n) is 1.48. The summed E-state index contributed by atoms with van der Waals surface area (Å²) in [7, 11) is 0. The van der Waals surface area contributed by atoms with Crippen molar-refractivity contribution in [3.05, 3.63) is 12.3 Å². The van der Waals surface area contributed by atoms with Gasteiger partial charge in [-0.05, 0) is 13.3 Å². The van der Waals surface area contributed by atoms with E-state index < -0.39 is 0 Å². The molecule has 0 bridgehead atoms. The maximum atomic E-state index is 5.25. The van der Waals surface area contributed by atoms with Gasteiger partial charge in [-0.2, -0.15) is 0 Å². The Labute approximate surface area is 89.5 Å². The van der Waals surface area contributed by atoms with E-state index >= 15 is 0 Å². The zero-order valence-electron chi connectivity index (χ0n) is 9.93. The molecule has 0 amide bonds. The second-order valence-electron chi connectivity index (χ2n) is 3.82. The van der Waals surface area contributed by atoms with Gasteiger partial charge in [0.1, 0.15) is 0 Å². The molecule has 1 nitrogen and oxygen atoms in total. The highest BCUT2D eigenvalue weighted by Gasteiger charge is 1.90. The van der Waals surface area contributed by atoms with Crippen LogP contribution in [0.1, 0.15) is 65.2 Å². The smallest absolute Gasteiger partial charge is 0.0873 e. The molecular formula is C13H26O. The van der Waals surface area contributed by atoms with Gasteiger partial charge in [0.05, 0.1) is 12.9 Å². The molecule has 0 fully saturated rings. The summed E-state index contributed by atoms with van der Waals surface area (Å²) in [5, 5.41) is 0. The molecule has 0 aliphatic rings. The number of allylic oxidation sites excluding steroid dienone is 1. The highest BCUT2D eigenvalue weighted by molar-refractivity contribution is 4.64. The van der Waals surface area contributed by atoms with E-state index in [2.05, 4.69) is 6.92 Å². The summed E-state index contributed by atoms with van der Waals surface area (Å²) in [5.74, 6) is 0. The Morgan fingerprint density at radius 1 is 0.857 bits per heavy atom. The molecule has 0 unspecified atom stereocenters. The fourth-order valence-corrected chi connectivity index (χ4v) is 1.48. The van der Waals surface area contributed by atoms with Crippen LogP contribution in [0.4, 0.5) is 0 Å². The maximum Gasteiger partial charge on any atom is 0.0873 e. The van der Waals surface area contributed by atoms with Gasteiger partial charge in [0.25, 0.3) is 0 Å². The molecule has 0 atom stereocenters. The van der Waals surface area contributed by atoms with Crippen LogP contribution in [0.15, 0.2) is 12.3 Å². The van der Waals surface area contributed by atoms with E-state index in [-0.39, 0.29) is 0 Å². The number of hydrogen-bond acceptors (Lipinski definition) is 1.